The number of benzene rings is 1. The summed E-state index contributed by atoms with van der Waals surface area (Å²) < 4.78 is 12.9. The summed E-state index contributed by atoms with van der Waals surface area (Å²) in [7, 11) is 0. The molecule has 0 aliphatic heterocycles. The van der Waals surface area contributed by atoms with Crippen LogP contribution in [-0.4, -0.2) is 39.1 Å². The molecule has 1 rings (SSSR count). The van der Waals surface area contributed by atoms with Gasteiger partial charge in [0, 0.05) is 5.56 Å². The van der Waals surface area contributed by atoms with Crippen molar-refractivity contribution in [3.8, 4) is 0 Å². The van der Waals surface area contributed by atoms with Gasteiger partial charge >= 0.3 is 5.97 Å². The maximum atomic E-state index is 12.9. The molecule has 0 amide bonds. The number of hydrogen-bond acceptors (Lipinski definition) is 4. The molecule has 1 aromatic rings. The third-order valence-electron chi connectivity index (χ3n) is 2.11. The third-order valence-corrected chi connectivity index (χ3v) is 2.11. The highest BCUT2D eigenvalue weighted by Crippen LogP contribution is 2.22. The summed E-state index contributed by atoms with van der Waals surface area (Å²) in [4.78, 5) is 10.8. The molecule has 0 bridgehead atoms. The first-order valence-corrected chi connectivity index (χ1v) is 4.47. The highest BCUT2D eigenvalue weighted by molar-refractivity contribution is 5.89. The normalized spacial score (nSPS) is 14.5. The second-order valence-electron chi connectivity index (χ2n) is 3.23. The second kappa shape index (κ2) is 5.02. The van der Waals surface area contributed by atoms with Gasteiger partial charge in [0.05, 0.1) is 12.2 Å². The lowest BCUT2D eigenvalue weighted by atomic mass is 9.98. The van der Waals surface area contributed by atoms with Crippen molar-refractivity contribution in [3.05, 3.63) is 35.1 Å². The highest BCUT2D eigenvalue weighted by Gasteiger charge is 2.23. The fourth-order valence-corrected chi connectivity index (χ4v) is 1.28. The third kappa shape index (κ3) is 2.54. The SMILES string of the molecule is O=C(O)c1ccc(F)cc1C(O)C(O)CO. The van der Waals surface area contributed by atoms with E-state index in [0.29, 0.717) is 0 Å². The molecule has 0 heterocycles. The van der Waals surface area contributed by atoms with Crippen LogP contribution in [0.5, 0.6) is 0 Å². The Balaban J connectivity index is 3.19. The van der Waals surface area contributed by atoms with E-state index in [1.165, 1.54) is 0 Å². The maximum absolute atomic E-state index is 12.9. The molecule has 4 N–H and O–H groups in total. The van der Waals surface area contributed by atoms with Crippen LogP contribution in [0.4, 0.5) is 4.39 Å². The van der Waals surface area contributed by atoms with Crippen LogP contribution in [0.3, 0.4) is 0 Å². The molecule has 0 spiro atoms. The van der Waals surface area contributed by atoms with Crippen molar-refractivity contribution >= 4 is 5.97 Å². The van der Waals surface area contributed by atoms with Crippen LogP contribution < -0.4 is 0 Å². The van der Waals surface area contributed by atoms with E-state index in [0.717, 1.165) is 18.2 Å². The van der Waals surface area contributed by atoms with Crippen LogP contribution in [0.15, 0.2) is 18.2 Å². The minimum Gasteiger partial charge on any atom is -0.478 e. The van der Waals surface area contributed by atoms with Gasteiger partial charge in [0.15, 0.2) is 0 Å². The smallest absolute Gasteiger partial charge is 0.336 e. The Labute approximate surface area is 90.4 Å². The van der Waals surface area contributed by atoms with Crippen molar-refractivity contribution in [1.29, 1.82) is 0 Å². The molecule has 0 aromatic heterocycles. The van der Waals surface area contributed by atoms with Crippen LogP contribution in [0, 0.1) is 5.82 Å². The molecule has 2 atom stereocenters. The first-order chi connectivity index (χ1) is 7.47. The van der Waals surface area contributed by atoms with Crippen molar-refractivity contribution in [2.24, 2.45) is 0 Å². The Morgan fingerprint density at radius 1 is 1.38 bits per heavy atom. The molecule has 88 valence electrons. The van der Waals surface area contributed by atoms with Crippen molar-refractivity contribution in [3.63, 3.8) is 0 Å². The largest absolute Gasteiger partial charge is 0.478 e. The number of carboxylic acids is 1. The van der Waals surface area contributed by atoms with Gasteiger partial charge < -0.3 is 20.4 Å². The lowest BCUT2D eigenvalue weighted by Crippen LogP contribution is -2.24. The molecule has 1 aromatic carbocycles. The second-order valence-corrected chi connectivity index (χ2v) is 3.23. The Hall–Kier alpha value is -1.50. The summed E-state index contributed by atoms with van der Waals surface area (Å²) in [5, 5.41) is 36.1. The van der Waals surface area contributed by atoms with E-state index in [1.807, 2.05) is 0 Å². The Morgan fingerprint density at radius 3 is 2.50 bits per heavy atom. The van der Waals surface area contributed by atoms with Gasteiger partial charge in [-0.05, 0) is 18.2 Å². The number of hydrogen-bond donors (Lipinski definition) is 4. The minimum atomic E-state index is -1.65. The van der Waals surface area contributed by atoms with Crippen molar-refractivity contribution < 1.29 is 29.6 Å². The zero-order chi connectivity index (χ0) is 12.3. The first-order valence-electron chi connectivity index (χ1n) is 4.47. The van der Waals surface area contributed by atoms with E-state index >= 15 is 0 Å². The molecule has 0 aliphatic carbocycles. The summed E-state index contributed by atoms with van der Waals surface area (Å²) in [6.07, 6.45) is -3.20. The number of aromatic carboxylic acids is 1. The number of aliphatic hydroxyl groups excluding tert-OH is 3. The fourth-order valence-electron chi connectivity index (χ4n) is 1.28. The minimum absolute atomic E-state index is 0.269. The van der Waals surface area contributed by atoms with Gasteiger partial charge in [0.1, 0.15) is 18.0 Å². The van der Waals surface area contributed by atoms with E-state index < -0.39 is 30.6 Å². The average Bonchev–Trinajstić information content (AvgIpc) is 2.26. The highest BCUT2D eigenvalue weighted by atomic mass is 19.1. The summed E-state index contributed by atoms with van der Waals surface area (Å²) in [6, 6.07) is 2.73. The summed E-state index contributed by atoms with van der Waals surface area (Å²) in [6.45, 7) is -0.753. The van der Waals surface area contributed by atoms with Crippen molar-refractivity contribution in [1.82, 2.24) is 0 Å². The maximum Gasteiger partial charge on any atom is 0.336 e. The molecule has 0 radical (unpaired) electrons. The molecular formula is C10H11FO5. The van der Waals surface area contributed by atoms with Crippen LogP contribution in [0.1, 0.15) is 22.0 Å². The molecule has 2 unspecified atom stereocenters. The summed E-state index contributed by atoms with van der Waals surface area (Å²) in [5.74, 6) is -2.08. The van der Waals surface area contributed by atoms with Crippen LogP contribution >= 0.6 is 0 Å². The van der Waals surface area contributed by atoms with E-state index in [2.05, 4.69) is 0 Å². The fraction of sp³-hybridized carbons (Fsp3) is 0.300. The van der Waals surface area contributed by atoms with Crippen LogP contribution in [0.2, 0.25) is 0 Å². The Morgan fingerprint density at radius 2 is 2.00 bits per heavy atom. The monoisotopic (exact) mass is 230 g/mol. The molecular weight excluding hydrogens is 219 g/mol. The zero-order valence-corrected chi connectivity index (χ0v) is 8.17. The first kappa shape index (κ1) is 12.6. The van der Waals surface area contributed by atoms with E-state index in [4.69, 9.17) is 15.3 Å². The van der Waals surface area contributed by atoms with E-state index in [-0.39, 0.29) is 11.1 Å². The number of halogens is 1. The van der Waals surface area contributed by atoms with Gasteiger partial charge in [-0.15, -0.1) is 0 Å². The molecule has 0 saturated heterocycles. The standard InChI is InChI=1S/C10H11FO5/c11-5-1-2-6(10(15)16)7(3-5)9(14)8(13)4-12/h1-3,8-9,12-14H,4H2,(H,15,16). The Kier molecular flexibility index (Phi) is 3.94. The molecule has 0 aliphatic rings. The van der Waals surface area contributed by atoms with Crippen LogP contribution in [0.25, 0.3) is 0 Å². The summed E-state index contributed by atoms with van der Waals surface area (Å²) in [5.41, 5.74) is -0.588. The van der Waals surface area contributed by atoms with Crippen LogP contribution in [-0.2, 0) is 0 Å². The van der Waals surface area contributed by atoms with Gasteiger partial charge in [-0.1, -0.05) is 0 Å². The van der Waals surface area contributed by atoms with Gasteiger partial charge in [0.2, 0.25) is 0 Å². The van der Waals surface area contributed by atoms with Crippen molar-refractivity contribution in [2.45, 2.75) is 12.2 Å². The lowest BCUT2D eigenvalue weighted by Gasteiger charge is -2.17. The predicted molar refractivity (Wildman–Crippen MR) is 51.4 cm³/mol. The van der Waals surface area contributed by atoms with E-state index in [9.17, 15) is 14.3 Å². The topological polar surface area (TPSA) is 98.0 Å². The van der Waals surface area contributed by atoms with E-state index in [1.54, 1.807) is 0 Å². The molecule has 6 heteroatoms. The average molecular weight is 230 g/mol. The van der Waals surface area contributed by atoms with Crippen molar-refractivity contribution in [2.75, 3.05) is 6.61 Å². The quantitative estimate of drug-likeness (QED) is 0.579. The molecule has 16 heavy (non-hydrogen) atoms. The van der Waals surface area contributed by atoms with Gasteiger partial charge in [-0.25, -0.2) is 9.18 Å². The van der Waals surface area contributed by atoms with Gasteiger partial charge in [-0.3, -0.25) is 0 Å². The predicted octanol–water partition coefficient (Wildman–Crippen LogP) is -0.0895. The lowest BCUT2D eigenvalue weighted by molar-refractivity contribution is -0.0159. The molecule has 0 saturated carbocycles. The number of aliphatic hydroxyl groups is 3. The van der Waals surface area contributed by atoms with Gasteiger partial charge in [-0.2, -0.15) is 0 Å². The van der Waals surface area contributed by atoms with Gasteiger partial charge in [0.25, 0.3) is 0 Å². The number of carboxylic acid groups (broad SMARTS) is 1. The zero-order valence-electron chi connectivity index (χ0n) is 8.17. The summed E-state index contributed by atoms with van der Waals surface area (Å²) >= 11 is 0. The Bertz CT molecular complexity index is 393. The molecule has 5 nitrogen and oxygen atoms in total. The number of carbonyl (C=O) groups is 1. The number of rotatable bonds is 4. The molecule has 0 fully saturated rings.